The molecule has 2 rings (SSSR count). The van der Waals surface area contributed by atoms with Gasteiger partial charge in [-0.05, 0) is 12.1 Å². The first-order valence-electron chi connectivity index (χ1n) is 4.67. The molecule has 0 fully saturated rings. The van der Waals surface area contributed by atoms with Gasteiger partial charge in [0.2, 0.25) is 0 Å². The van der Waals surface area contributed by atoms with E-state index in [4.69, 9.17) is 17.3 Å². The van der Waals surface area contributed by atoms with Crippen molar-refractivity contribution < 1.29 is 9.53 Å². The van der Waals surface area contributed by atoms with E-state index in [9.17, 15) is 4.79 Å². The number of nitrogens with zero attached hydrogens (tertiary/aromatic N) is 3. The van der Waals surface area contributed by atoms with Crippen LogP contribution in [0.2, 0.25) is 5.02 Å². The number of methoxy groups -OCH3 is 1. The summed E-state index contributed by atoms with van der Waals surface area (Å²) in [6.07, 6.45) is 2.99. The number of nitrogens with two attached hydrogens (primary N) is 1. The largest absolute Gasteiger partial charge is 0.465 e. The quantitative estimate of drug-likeness (QED) is 0.815. The topological polar surface area (TPSA) is 83.0 Å². The average Bonchev–Trinajstić information content (AvgIpc) is 2.69. The fourth-order valence-corrected chi connectivity index (χ4v) is 1.40. The molecule has 2 heterocycles. The van der Waals surface area contributed by atoms with E-state index < -0.39 is 5.97 Å². The Morgan fingerprint density at radius 2 is 2.35 bits per heavy atom. The lowest BCUT2D eigenvalue weighted by Gasteiger charge is -2.02. The molecule has 0 saturated heterocycles. The van der Waals surface area contributed by atoms with Crippen LogP contribution in [0.25, 0.3) is 5.82 Å². The number of carbonyl (C=O) groups excluding carboxylic acids is 1. The summed E-state index contributed by atoms with van der Waals surface area (Å²) >= 11 is 5.78. The summed E-state index contributed by atoms with van der Waals surface area (Å²) in [5, 5.41) is 4.28. The summed E-state index contributed by atoms with van der Waals surface area (Å²) in [6, 6.07) is 3.08. The Balaban J connectivity index is 2.42. The second kappa shape index (κ2) is 4.42. The third kappa shape index (κ3) is 2.21. The van der Waals surface area contributed by atoms with E-state index in [1.807, 2.05) is 0 Å². The maximum Gasteiger partial charge on any atom is 0.338 e. The predicted molar refractivity (Wildman–Crippen MR) is 62.1 cm³/mol. The number of hydrogen-bond donors (Lipinski definition) is 1. The van der Waals surface area contributed by atoms with Crippen molar-refractivity contribution in [3.8, 4) is 5.82 Å². The zero-order chi connectivity index (χ0) is 12.4. The van der Waals surface area contributed by atoms with Crippen LogP contribution < -0.4 is 5.73 Å². The molecule has 0 aliphatic rings. The molecule has 0 bridgehead atoms. The van der Waals surface area contributed by atoms with E-state index in [1.165, 1.54) is 30.3 Å². The number of carbonyl (C=O) groups is 1. The molecule has 88 valence electrons. The summed E-state index contributed by atoms with van der Waals surface area (Å²) in [7, 11) is 1.31. The van der Waals surface area contributed by atoms with E-state index in [1.54, 1.807) is 6.07 Å². The molecule has 2 N–H and O–H groups in total. The Morgan fingerprint density at radius 3 is 2.94 bits per heavy atom. The molecule has 2 aromatic rings. The molecule has 2 aromatic heterocycles. The van der Waals surface area contributed by atoms with Crippen molar-refractivity contribution in [1.82, 2.24) is 14.8 Å². The number of hydrogen-bond acceptors (Lipinski definition) is 5. The summed E-state index contributed by atoms with van der Waals surface area (Å²) < 4.78 is 6.00. The number of aromatic nitrogens is 3. The molecule has 7 heteroatoms. The third-order valence-electron chi connectivity index (χ3n) is 2.10. The Bertz CT molecular complexity index is 548. The minimum atomic E-state index is -0.445. The highest BCUT2D eigenvalue weighted by atomic mass is 35.5. The van der Waals surface area contributed by atoms with Crippen molar-refractivity contribution in [1.29, 1.82) is 0 Å². The van der Waals surface area contributed by atoms with Crippen molar-refractivity contribution in [2.24, 2.45) is 0 Å². The second-order valence-electron chi connectivity index (χ2n) is 3.20. The smallest absolute Gasteiger partial charge is 0.338 e. The fraction of sp³-hybridized carbons (Fsp3) is 0.100. The molecular weight excluding hydrogens is 244 g/mol. The normalized spacial score (nSPS) is 10.2. The number of esters is 1. The van der Waals surface area contributed by atoms with E-state index in [2.05, 4.69) is 14.8 Å². The van der Waals surface area contributed by atoms with Gasteiger partial charge in [-0.2, -0.15) is 0 Å². The van der Waals surface area contributed by atoms with Gasteiger partial charge in [0.15, 0.2) is 11.6 Å². The first-order chi connectivity index (χ1) is 8.11. The predicted octanol–water partition coefficient (Wildman–Crippen LogP) is 1.29. The average molecular weight is 253 g/mol. The standard InChI is InChI=1S/C10H9ClN4O2/c1-17-10(16)6-2-3-13-8(4-6)15-5-7(11)9(12)14-15/h2-5H,1H3,(H2,12,14). The van der Waals surface area contributed by atoms with Gasteiger partial charge in [-0.15, -0.1) is 5.10 Å². The third-order valence-corrected chi connectivity index (χ3v) is 2.39. The Labute approximate surface area is 102 Å². The van der Waals surface area contributed by atoms with E-state index in [-0.39, 0.29) is 5.82 Å². The van der Waals surface area contributed by atoms with Crippen LogP contribution >= 0.6 is 11.6 Å². The second-order valence-corrected chi connectivity index (χ2v) is 3.61. The van der Waals surface area contributed by atoms with Gasteiger partial charge >= 0.3 is 5.97 Å². The lowest BCUT2D eigenvalue weighted by atomic mass is 10.2. The van der Waals surface area contributed by atoms with Crippen LogP contribution in [0.15, 0.2) is 24.5 Å². The van der Waals surface area contributed by atoms with E-state index in [0.717, 1.165) is 0 Å². The molecule has 0 aliphatic carbocycles. The molecule has 0 saturated carbocycles. The summed E-state index contributed by atoms with van der Waals surface area (Å²) in [5.74, 6) is 0.198. The molecule has 6 nitrogen and oxygen atoms in total. The van der Waals surface area contributed by atoms with Crippen LogP contribution in [-0.4, -0.2) is 27.8 Å². The van der Waals surface area contributed by atoms with E-state index in [0.29, 0.717) is 16.4 Å². The van der Waals surface area contributed by atoms with Gasteiger partial charge in [0.1, 0.15) is 5.02 Å². The van der Waals surface area contributed by atoms with Crippen LogP contribution in [0.5, 0.6) is 0 Å². The van der Waals surface area contributed by atoms with Crippen LogP contribution in [0, 0.1) is 0 Å². The maximum atomic E-state index is 11.3. The molecular formula is C10H9ClN4O2. The summed E-state index contributed by atoms with van der Waals surface area (Å²) in [6.45, 7) is 0. The zero-order valence-electron chi connectivity index (χ0n) is 8.92. The highest BCUT2D eigenvalue weighted by Gasteiger charge is 2.09. The minimum Gasteiger partial charge on any atom is -0.465 e. The number of ether oxygens (including phenoxy) is 1. The van der Waals surface area contributed by atoms with Crippen LogP contribution in [0.1, 0.15) is 10.4 Å². The lowest BCUT2D eigenvalue weighted by molar-refractivity contribution is 0.0600. The van der Waals surface area contributed by atoms with Crippen molar-refractivity contribution in [2.75, 3.05) is 12.8 Å². The SMILES string of the molecule is COC(=O)c1ccnc(-n2cc(Cl)c(N)n2)c1. The highest BCUT2D eigenvalue weighted by molar-refractivity contribution is 6.32. The Kier molecular flexibility index (Phi) is 2.97. The van der Waals surface area contributed by atoms with Gasteiger partial charge in [0.25, 0.3) is 0 Å². The van der Waals surface area contributed by atoms with Crippen LogP contribution in [0.4, 0.5) is 5.82 Å². The van der Waals surface area contributed by atoms with Crippen LogP contribution in [-0.2, 0) is 4.74 Å². The molecule has 0 amide bonds. The van der Waals surface area contributed by atoms with E-state index >= 15 is 0 Å². The highest BCUT2D eigenvalue weighted by Crippen LogP contribution is 2.18. The lowest BCUT2D eigenvalue weighted by Crippen LogP contribution is -2.05. The van der Waals surface area contributed by atoms with Crippen molar-refractivity contribution in [3.63, 3.8) is 0 Å². The first kappa shape index (κ1) is 11.4. The Morgan fingerprint density at radius 1 is 1.59 bits per heavy atom. The molecule has 0 spiro atoms. The molecule has 0 aliphatic heterocycles. The number of rotatable bonds is 2. The van der Waals surface area contributed by atoms with Gasteiger partial charge in [-0.25, -0.2) is 14.5 Å². The Hall–Kier alpha value is -2.08. The number of pyridine rings is 1. The number of halogens is 1. The first-order valence-corrected chi connectivity index (χ1v) is 5.05. The number of nitrogen functional groups attached to an aromatic ring is 1. The van der Waals surface area contributed by atoms with Gasteiger partial charge in [-0.1, -0.05) is 11.6 Å². The van der Waals surface area contributed by atoms with Crippen molar-refractivity contribution >= 4 is 23.4 Å². The van der Waals surface area contributed by atoms with Crippen molar-refractivity contribution in [2.45, 2.75) is 0 Å². The summed E-state index contributed by atoms with van der Waals surface area (Å²) in [5.41, 5.74) is 5.90. The van der Waals surface area contributed by atoms with Gasteiger partial charge in [0, 0.05) is 6.20 Å². The molecule has 0 radical (unpaired) electrons. The fourth-order valence-electron chi connectivity index (χ4n) is 1.27. The minimum absolute atomic E-state index is 0.205. The van der Waals surface area contributed by atoms with Crippen molar-refractivity contribution in [3.05, 3.63) is 35.1 Å². The molecule has 0 aromatic carbocycles. The number of anilines is 1. The van der Waals surface area contributed by atoms with Gasteiger partial charge in [-0.3, -0.25) is 0 Å². The zero-order valence-corrected chi connectivity index (χ0v) is 9.68. The maximum absolute atomic E-state index is 11.3. The molecule has 0 atom stereocenters. The molecule has 17 heavy (non-hydrogen) atoms. The monoisotopic (exact) mass is 252 g/mol. The van der Waals surface area contributed by atoms with Gasteiger partial charge in [0.05, 0.1) is 18.9 Å². The molecule has 0 unspecified atom stereocenters. The van der Waals surface area contributed by atoms with Crippen LogP contribution in [0.3, 0.4) is 0 Å². The van der Waals surface area contributed by atoms with Gasteiger partial charge < -0.3 is 10.5 Å². The summed E-state index contributed by atoms with van der Waals surface area (Å²) in [4.78, 5) is 15.4.